The van der Waals surface area contributed by atoms with Crippen LogP contribution in [0.1, 0.15) is 11.3 Å². The number of sulfonamides is 1. The number of rotatable bonds is 8. The maximum atomic E-state index is 13.1. The molecule has 0 saturated heterocycles. The van der Waals surface area contributed by atoms with Crippen molar-refractivity contribution in [3.05, 3.63) is 118 Å². The van der Waals surface area contributed by atoms with Crippen molar-refractivity contribution in [1.29, 1.82) is 0 Å². The van der Waals surface area contributed by atoms with Gasteiger partial charge in [0, 0.05) is 37.4 Å². The Morgan fingerprint density at radius 1 is 0.895 bits per heavy atom. The maximum absolute atomic E-state index is 13.1. The Morgan fingerprint density at radius 3 is 2.26 bits per heavy atom. The zero-order valence-corrected chi connectivity index (χ0v) is 22.4. The highest BCUT2D eigenvalue weighted by Crippen LogP contribution is 2.35. The smallest absolute Gasteiger partial charge is 0.306 e. The Bertz CT molecular complexity index is 1720. The topological polar surface area (TPSA) is 97.2 Å². The van der Waals surface area contributed by atoms with Crippen molar-refractivity contribution in [2.24, 2.45) is 7.05 Å². The quantitative estimate of drug-likeness (QED) is 0.290. The van der Waals surface area contributed by atoms with E-state index in [4.69, 9.17) is 0 Å². The summed E-state index contributed by atoms with van der Waals surface area (Å²) in [5, 5.41) is 0. The summed E-state index contributed by atoms with van der Waals surface area (Å²) in [6, 6.07) is 25.4. The predicted molar refractivity (Wildman–Crippen MR) is 150 cm³/mol. The summed E-state index contributed by atoms with van der Waals surface area (Å²) in [4.78, 5) is 23.8. The van der Waals surface area contributed by atoms with E-state index >= 15 is 0 Å². The van der Waals surface area contributed by atoms with Gasteiger partial charge in [-0.2, -0.15) is 0 Å². The van der Waals surface area contributed by atoms with Crippen molar-refractivity contribution in [3.8, 4) is 10.4 Å². The lowest BCUT2D eigenvalue weighted by atomic mass is 10.1. The third-order valence-electron chi connectivity index (χ3n) is 6.13. The van der Waals surface area contributed by atoms with E-state index in [1.54, 1.807) is 53.2 Å². The molecule has 10 heteroatoms. The lowest BCUT2D eigenvalue weighted by Gasteiger charge is -2.23. The van der Waals surface area contributed by atoms with Gasteiger partial charge in [-0.1, -0.05) is 59.9 Å². The summed E-state index contributed by atoms with van der Waals surface area (Å²) >= 11 is 1.20. The molecule has 0 spiro atoms. The monoisotopic (exact) mass is 543 g/mol. The van der Waals surface area contributed by atoms with Crippen molar-refractivity contribution in [1.82, 2.24) is 19.3 Å². The van der Waals surface area contributed by atoms with Gasteiger partial charge in [-0.05, 0) is 54.4 Å². The number of benzene rings is 3. The molecule has 0 saturated carbocycles. The molecule has 2 heterocycles. The zero-order valence-electron chi connectivity index (χ0n) is 20.8. The molecule has 0 fully saturated rings. The molecule has 2 aromatic heterocycles. The standard InChI is InChI=1S/C28H25N5O3S2/c1-20-26(37-28(34)32(20)2)22-12-14-23(15-13-22)33(27-29-16-7-17-30-27)24-10-6-11-25(18-24)38(35,36)31-19-21-8-4-3-5-9-21/h3-18,31H,19H2,1-2H3. The first-order valence-corrected chi connectivity index (χ1v) is 14.1. The number of aromatic nitrogens is 3. The van der Waals surface area contributed by atoms with E-state index in [1.165, 1.54) is 11.3 Å². The third-order valence-corrected chi connectivity index (χ3v) is 8.71. The highest BCUT2D eigenvalue weighted by Gasteiger charge is 2.20. The van der Waals surface area contributed by atoms with E-state index in [2.05, 4.69) is 14.7 Å². The molecule has 0 aliphatic heterocycles. The third kappa shape index (κ3) is 5.28. The summed E-state index contributed by atoms with van der Waals surface area (Å²) in [5.74, 6) is 0.396. The lowest BCUT2D eigenvalue weighted by Crippen LogP contribution is -2.23. The first kappa shape index (κ1) is 25.5. The molecular weight excluding hydrogens is 518 g/mol. The Kier molecular flexibility index (Phi) is 7.19. The molecule has 5 aromatic rings. The van der Waals surface area contributed by atoms with Crippen molar-refractivity contribution in [3.63, 3.8) is 0 Å². The molecule has 192 valence electrons. The van der Waals surface area contributed by atoms with Crippen molar-refractivity contribution >= 4 is 38.7 Å². The molecule has 0 atom stereocenters. The molecule has 0 aliphatic carbocycles. The van der Waals surface area contributed by atoms with Crippen LogP contribution in [0, 0.1) is 6.92 Å². The van der Waals surface area contributed by atoms with E-state index in [9.17, 15) is 13.2 Å². The minimum atomic E-state index is -3.78. The Balaban J connectivity index is 1.50. The molecule has 38 heavy (non-hydrogen) atoms. The van der Waals surface area contributed by atoms with Crippen molar-refractivity contribution < 1.29 is 8.42 Å². The first-order chi connectivity index (χ1) is 18.3. The minimum absolute atomic E-state index is 0.0141. The Labute approximate surface area is 224 Å². The average Bonchev–Trinajstić information content (AvgIpc) is 3.21. The van der Waals surface area contributed by atoms with Gasteiger partial charge < -0.3 is 4.57 Å². The summed E-state index contributed by atoms with van der Waals surface area (Å²) in [6.07, 6.45) is 3.27. The predicted octanol–water partition coefficient (Wildman–Crippen LogP) is 5.16. The normalized spacial score (nSPS) is 11.4. The molecule has 3 aromatic carbocycles. The largest absolute Gasteiger partial charge is 0.307 e. The van der Waals surface area contributed by atoms with Gasteiger partial charge in [0.1, 0.15) is 0 Å². The second-order valence-corrected chi connectivity index (χ2v) is 11.3. The van der Waals surface area contributed by atoms with Gasteiger partial charge in [0.05, 0.1) is 15.5 Å². The Hall–Kier alpha value is -4.12. The van der Waals surface area contributed by atoms with Crippen molar-refractivity contribution in [2.45, 2.75) is 18.4 Å². The second kappa shape index (κ2) is 10.7. The van der Waals surface area contributed by atoms with Gasteiger partial charge in [-0.15, -0.1) is 0 Å². The number of nitrogens with one attached hydrogen (secondary N) is 1. The van der Waals surface area contributed by atoms with Gasteiger partial charge in [0.15, 0.2) is 0 Å². The van der Waals surface area contributed by atoms with E-state index in [0.29, 0.717) is 11.6 Å². The molecule has 8 nitrogen and oxygen atoms in total. The fourth-order valence-corrected chi connectivity index (χ4v) is 6.03. The molecule has 0 amide bonds. The molecule has 0 radical (unpaired) electrons. The van der Waals surface area contributed by atoms with Crippen LogP contribution in [0.4, 0.5) is 17.3 Å². The summed E-state index contributed by atoms with van der Waals surface area (Å²) < 4.78 is 30.6. The highest BCUT2D eigenvalue weighted by molar-refractivity contribution is 7.89. The van der Waals surface area contributed by atoms with Crippen LogP contribution in [-0.4, -0.2) is 23.0 Å². The molecule has 0 aliphatic rings. The van der Waals surface area contributed by atoms with Crippen LogP contribution in [0.3, 0.4) is 0 Å². The molecule has 0 unspecified atom stereocenters. The van der Waals surface area contributed by atoms with E-state index in [-0.39, 0.29) is 16.3 Å². The van der Waals surface area contributed by atoms with Gasteiger partial charge in [-0.3, -0.25) is 9.69 Å². The second-order valence-electron chi connectivity index (χ2n) is 8.58. The van der Waals surface area contributed by atoms with E-state index < -0.39 is 10.0 Å². The van der Waals surface area contributed by atoms with Gasteiger partial charge in [-0.25, -0.2) is 23.1 Å². The molecule has 5 rings (SSSR count). The molecular formula is C28H25N5O3S2. The van der Waals surface area contributed by atoms with Crippen molar-refractivity contribution in [2.75, 3.05) is 4.90 Å². The van der Waals surface area contributed by atoms with Crippen LogP contribution in [0.2, 0.25) is 0 Å². The minimum Gasteiger partial charge on any atom is -0.306 e. The summed E-state index contributed by atoms with van der Waals surface area (Å²) in [7, 11) is -2.02. The van der Waals surface area contributed by atoms with Gasteiger partial charge in [0.25, 0.3) is 0 Å². The fraction of sp³-hybridized carbons (Fsp3) is 0.107. The summed E-state index contributed by atoms with van der Waals surface area (Å²) in [6.45, 7) is 2.11. The first-order valence-electron chi connectivity index (χ1n) is 11.8. The van der Waals surface area contributed by atoms with Crippen LogP contribution in [0.5, 0.6) is 0 Å². The molecule has 1 N–H and O–H groups in total. The zero-order chi connectivity index (χ0) is 26.7. The number of hydrogen-bond acceptors (Lipinski definition) is 7. The highest BCUT2D eigenvalue weighted by atomic mass is 32.2. The molecule has 0 bridgehead atoms. The van der Waals surface area contributed by atoms with E-state index in [0.717, 1.165) is 27.4 Å². The van der Waals surface area contributed by atoms with Gasteiger partial charge >= 0.3 is 4.87 Å². The SMILES string of the molecule is Cc1c(-c2ccc(N(c3cccc(S(=O)(=O)NCc4ccccc4)c3)c3ncccn3)cc2)sc(=O)n1C. The maximum Gasteiger partial charge on any atom is 0.307 e. The van der Waals surface area contributed by atoms with Crippen LogP contribution >= 0.6 is 11.3 Å². The lowest BCUT2D eigenvalue weighted by molar-refractivity contribution is 0.581. The fourth-order valence-electron chi connectivity index (χ4n) is 3.98. The van der Waals surface area contributed by atoms with Gasteiger partial charge in [0.2, 0.25) is 16.0 Å². The van der Waals surface area contributed by atoms with Crippen LogP contribution in [0.25, 0.3) is 10.4 Å². The Morgan fingerprint density at radius 2 is 1.61 bits per heavy atom. The summed E-state index contributed by atoms with van der Waals surface area (Å²) in [5.41, 5.74) is 4.02. The number of anilines is 3. The van der Waals surface area contributed by atoms with Crippen LogP contribution < -0.4 is 14.5 Å². The number of hydrogen-bond donors (Lipinski definition) is 1. The van der Waals surface area contributed by atoms with Crippen LogP contribution in [0.15, 0.2) is 107 Å². The van der Waals surface area contributed by atoms with E-state index in [1.807, 2.05) is 67.6 Å². The van der Waals surface area contributed by atoms with Crippen LogP contribution in [-0.2, 0) is 23.6 Å². The average molecular weight is 544 g/mol. The number of nitrogens with zero attached hydrogens (tertiary/aromatic N) is 4. The number of thiazole rings is 1.